The van der Waals surface area contributed by atoms with Crippen LogP contribution in [0.2, 0.25) is 0 Å². The Kier molecular flexibility index (Phi) is 4.98. The van der Waals surface area contributed by atoms with Crippen molar-refractivity contribution in [2.24, 2.45) is 5.92 Å². The average molecular weight is 229 g/mol. The van der Waals surface area contributed by atoms with Crippen LogP contribution >= 0.6 is 12.2 Å². The molecular formula is C10H19N3OS. The van der Waals surface area contributed by atoms with Crippen molar-refractivity contribution < 1.29 is 4.74 Å². The standard InChI is InChI=1S/C10H19N3OS/c1-4-5-13-9(11-12-10(13)15)6-8(2)7-14-3/h8H,4-7H2,1-3H3,(H,12,15). The number of aromatic nitrogens is 3. The SMILES string of the molecule is CCCn1c(CC(C)COC)n[nH]c1=S. The van der Waals surface area contributed by atoms with Gasteiger partial charge in [-0.25, -0.2) is 0 Å². The van der Waals surface area contributed by atoms with Gasteiger partial charge in [-0.05, 0) is 24.6 Å². The van der Waals surface area contributed by atoms with Crippen molar-refractivity contribution in [1.82, 2.24) is 14.8 Å². The third-order valence-corrected chi connectivity index (χ3v) is 2.58. The molecule has 15 heavy (non-hydrogen) atoms. The van der Waals surface area contributed by atoms with Crippen LogP contribution in [-0.4, -0.2) is 28.5 Å². The van der Waals surface area contributed by atoms with Crippen LogP contribution in [0, 0.1) is 10.7 Å². The van der Waals surface area contributed by atoms with Gasteiger partial charge in [-0.2, -0.15) is 5.10 Å². The molecular weight excluding hydrogens is 210 g/mol. The maximum absolute atomic E-state index is 5.17. The summed E-state index contributed by atoms with van der Waals surface area (Å²) in [5.74, 6) is 1.50. The number of ether oxygens (including phenoxy) is 1. The largest absolute Gasteiger partial charge is 0.384 e. The highest BCUT2D eigenvalue weighted by molar-refractivity contribution is 7.71. The maximum Gasteiger partial charge on any atom is 0.195 e. The quantitative estimate of drug-likeness (QED) is 0.760. The topological polar surface area (TPSA) is 42.8 Å². The fraction of sp³-hybridized carbons (Fsp3) is 0.800. The van der Waals surface area contributed by atoms with Gasteiger partial charge in [0, 0.05) is 26.7 Å². The Morgan fingerprint density at radius 2 is 2.33 bits per heavy atom. The molecule has 5 heteroatoms. The van der Waals surface area contributed by atoms with Crippen LogP contribution in [0.3, 0.4) is 0 Å². The second-order valence-electron chi connectivity index (χ2n) is 3.86. The normalized spacial score (nSPS) is 13.0. The molecule has 0 fully saturated rings. The first-order chi connectivity index (χ1) is 7.19. The average Bonchev–Trinajstić information content (AvgIpc) is 2.51. The number of nitrogens with one attached hydrogen (secondary N) is 1. The van der Waals surface area contributed by atoms with Gasteiger partial charge in [0.25, 0.3) is 0 Å². The first-order valence-electron chi connectivity index (χ1n) is 5.32. The summed E-state index contributed by atoms with van der Waals surface area (Å²) < 4.78 is 7.90. The molecule has 1 aromatic heterocycles. The lowest BCUT2D eigenvalue weighted by atomic mass is 10.1. The molecule has 1 atom stereocenters. The highest BCUT2D eigenvalue weighted by Gasteiger charge is 2.09. The number of aromatic amines is 1. The zero-order valence-electron chi connectivity index (χ0n) is 9.62. The summed E-state index contributed by atoms with van der Waals surface area (Å²) in [7, 11) is 1.72. The monoisotopic (exact) mass is 229 g/mol. The van der Waals surface area contributed by atoms with E-state index in [0.717, 1.165) is 36.6 Å². The van der Waals surface area contributed by atoms with E-state index in [1.54, 1.807) is 7.11 Å². The first-order valence-corrected chi connectivity index (χ1v) is 5.72. The lowest BCUT2D eigenvalue weighted by Crippen LogP contribution is -2.12. The lowest BCUT2D eigenvalue weighted by molar-refractivity contribution is 0.158. The van der Waals surface area contributed by atoms with Crippen molar-refractivity contribution in [3.05, 3.63) is 10.6 Å². The molecule has 1 rings (SSSR count). The smallest absolute Gasteiger partial charge is 0.195 e. The molecule has 0 radical (unpaired) electrons. The second-order valence-corrected chi connectivity index (χ2v) is 4.25. The number of nitrogens with zero attached hydrogens (tertiary/aromatic N) is 2. The van der Waals surface area contributed by atoms with Crippen molar-refractivity contribution >= 4 is 12.2 Å². The van der Waals surface area contributed by atoms with E-state index in [1.165, 1.54) is 0 Å². The van der Waals surface area contributed by atoms with Crippen LogP contribution < -0.4 is 0 Å². The Bertz CT molecular complexity index is 345. The highest BCUT2D eigenvalue weighted by Crippen LogP contribution is 2.07. The predicted octanol–water partition coefficient (Wildman–Crippen LogP) is 2.18. The van der Waals surface area contributed by atoms with Gasteiger partial charge in [-0.15, -0.1) is 0 Å². The Morgan fingerprint density at radius 3 is 2.93 bits per heavy atom. The van der Waals surface area contributed by atoms with Crippen molar-refractivity contribution in [2.75, 3.05) is 13.7 Å². The molecule has 0 aliphatic heterocycles. The number of methoxy groups -OCH3 is 1. The van der Waals surface area contributed by atoms with Crippen LogP contribution in [0.5, 0.6) is 0 Å². The summed E-state index contributed by atoms with van der Waals surface area (Å²) in [5, 5.41) is 7.09. The zero-order valence-corrected chi connectivity index (χ0v) is 10.4. The molecule has 4 nitrogen and oxygen atoms in total. The van der Waals surface area contributed by atoms with E-state index >= 15 is 0 Å². The van der Waals surface area contributed by atoms with Gasteiger partial charge in [0.1, 0.15) is 5.82 Å². The van der Waals surface area contributed by atoms with Crippen LogP contribution in [0.25, 0.3) is 0 Å². The van der Waals surface area contributed by atoms with Crippen LogP contribution in [0.1, 0.15) is 26.1 Å². The van der Waals surface area contributed by atoms with E-state index in [9.17, 15) is 0 Å². The van der Waals surface area contributed by atoms with E-state index in [2.05, 4.69) is 28.6 Å². The van der Waals surface area contributed by atoms with Gasteiger partial charge in [0.05, 0.1) is 0 Å². The van der Waals surface area contributed by atoms with Gasteiger partial charge >= 0.3 is 0 Å². The third-order valence-electron chi connectivity index (χ3n) is 2.27. The van der Waals surface area contributed by atoms with E-state index < -0.39 is 0 Å². The molecule has 1 unspecified atom stereocenters. The molecule has 0 saturated carbocycles. The molecule has 1 N–H and O–H groups in total. The molecule has 0 spiro atoms. The Morgan fingerprint density at radius 1 is 1.60 bits per heavy atom. The minimum absolute atomic E-state index is 0.468. The zero-order chi connectivity index (χ0) is 11.3. The Labute approximate surface area is 95.7 Å². The Balaban J connectivity index is 2.71. The fourth-order valence-electron chi connectivity index (χ4n) is 1.62. The Hall–Kier alpha value is -0.680. The van der Waals surface area contributed by atoms with Gasteiger partial charge < -0.3 is 9.30 Å². The summed E-state index contributed by atoms with van der Waals surface area (Å²) in [4.78, 5) is 0. The molecule has 0 aromatic carbocycles. The van der Waals surface area contributed by atoms with E-state index in [1.807, 2.05) is 0 Å². The van der Waals surface area contributed by atoms with E-state index in [0.29, 0.717) is 5.92 Å². The van der Waals surface area contributed by atoms with Crippen LogP contribution in [0.15, 0.2) is 0 Å². The maximum atomic E-state index is 5.17. The van der Waals surface area contributed by atoms with E-state index in [4.69, 9.17) is 17.0 Å². The summed E-state index contributed by atoms with van der Waals surface area (Å²) in [6.07, 6.45) is 1.97. The first kappa shape index (κ1) is 12.4. The van der Waals surface area contributed by atoms with Crippen LogP contribution in [0.4, 0.5) is 0 Å². The number of hydrogen-bond acceptors (Lipinski definition) is 3. The third kappa shape index (κ3) is 3.43. The van der Waals surface area contributed by atoms with Gasteiger partial charge in [-0.1, -0.05) is 13.8 Å². The predicted molar refractivity (Wildman–Crippen MR) is 62.4 cm³/mol. The van der Waals surface area contributed by atoms with Crippen molar-refractivity contribution in [1.29, 1.82) is 0 Å². The fourth-order valence-corrected chi connectivity index (χ4v) is 1.86. The highest BCUT2D eigenvalue weighted by atomic mass is 32.1. The lowest BCUT2D eigenvalue weighted by Gasteiger charge is -2.10. The molecule has 1 heterocycles. The molecule has 0 saturated heterocycles. The minimum atomic E-state index is 0.468. The molecule has 0 bridgehead atoms. The molecule has 0 aliphatic rings. The summed E-state index contributed by atoms with van der Waals surface area (Å²) in [6.45, 7) is 5.98. The van der Waals surface area contributed by atoms with Gasteiger partial charge in [0.15, 0.2) is 4.77 Å². The second kappa shape index (κ2) is 6.02. The number of H-pyrrole nitrogens is 1. The number of hydrogen-bond donors (Lipinski definition) is 1. The summed E-state index contributed by atoms with van der Waals surface area (Å²) >= 11 is 5.17. The van der Waals surface area contributed by atoms with Gasteiger partial charge in [-0.3, -0.25) is 5.10 Å². The van der Waals surface area contributed by atoms with Crippen molar-refractivity contribution in [3.8, 4) is 0 Å². The van der Waals surface area contributed by atoms with E-state index in [-0.39, 0.29) is 0 Å². The number of rotatable bonds is 6. The van der Waals surface area contributed by atoms with Crippen molar-refractivity contribution in [2.45, 2.75) is 33.2 Å². The van der Waals surface area contributed by atoms with Crippen LogP contribution in [-0.2, 0) is 17.7 Å². The minimum Gasteiger partial charge on any atom is -0.384 e. The van der Waals surface area contributed by atoms with Gasteiger partial charge in [0.2, 0.25) is 0 Å². The summed E-state index contributed by atoms with van der Waals surface area (Å²) in [6, 6.07) is 0. The molecule has 86 valence electrons. The van der Waals surface area contributed by atoms with Crippen molar-refractivity contribution in [3.63, 3.8) is 0 Å². The molecule has 0 amide bonds. The molecule has 0 aliphatic carbocycles. The summed E-state index contributed by atoms with van der Waals surface area (Å²) in [5.41, 5.74) is 0. The molecule has 1 aromatic rings.